The Morgan fingerprint density at radius 3 is 2.88 bits per heavy atom. The Balaban J connectivity index is 1.21. The average molecular weight is 568 g/mol. The number of aromatic amines is 1. The molecule has 1 aliphatic heterocycles. The number of ether oxygens (including phenoxy) is 1. The van der Waals surface area contributed by atoms with E-state index < -0.39 is 6.04 Å². The van der Waals surface area contributed by atoms with E-state index in [9.17, 15) is 14.7 Å². The zero-order valence-corrected chi connectivity index (χ0v) is 24.0. The molecule has 42 heavy (non-hydrogen) atoms. The number of aromatic hydroxyl groups is 1. The highest BCUT2D eigenvalue weighted by Gasteiger charge is 2.27. The van der Waals surface area contributed by atoms with Gasteiger partial charge in [-0.2, -0.15) is 0 Å². The number of phenolic OH excluding ortho intramolecular Hbond substituents is 1. The second-order valence-corrected chi connectivity index (χ2v) is 11.5. The van der Waals surface area contributed by atoms with E-state index >= 15 is 0 Å². The molecule has 9 heteroatoms. The minimum absolute atomic E-state index is 0.0609. The first-order valence-corrected chi connectivity index (χ1v) is 14.2. The summed E-state index contributed by atoms with van der Waals surface area (Å²) in [6.45, 7) is 6.60. The third kappa shape index (κ3) is 6.80. The predicted molar refractivity (Wildman–Crippen MR) is 165 cm³/mol. The number of carbonyl (C=O) groups excluding carboxylic acids is 2. The molecular formula is C33H37N5O4. The number of piperidine rings is 1. The third-order valence-electron chi connectivity index (χ3n) is 7.57. The maximum absolute atomic E-state index is 13.4. The molecule has 3 heterocycles. The number of nitrogens with two attached hydrogens (primary N) is 1. The highest BCUT2D eigenvalue weighted by molar-refractivity contribution is 6.11. The Morgan fingerprint density at radius 2 is 2.07 bits per heavy atom. The van der Waals surface area contributed by atoms with Crippen molar-refractivity contribution in [2.45, 2.75) is 32.7 Å². The van der Waals surface area contributed by atoms with Gasteiger partial charge in [0, 0.05) is 60.3 Å². The van der Waals surface area contributed by atoms with Gasteiger partial charge in [0.2, 0.25) is 5.91 Å². The Labute approximate surface area is 245 Å². The number of hydrogen-bond donors (Lipinski definition) is 4. The molecule has 0 spiro atoms. The van der Waals surface area contributed by atoms with Gasteiger partial charge in [-0.1, -0.05) is 26.0 Å². The van der Waals surface area contributed by atoms with E-state index in [0.717, 1.165) is 48.2 Å². The SMILES string of the molecule is CC1(C)CCCN(c2ccc(O)c(C(=O)c3cccc(OC[C@@H](CN)NC(=O)/C=C/c4c[nH]c5ncccc45)c3)c2)C1. The topological polar surface area (TPSA) is 134 Å². The van der Waals surface area contributed by atoms with Gasteiger partial charge in [-0.3, -0.25) is 9.59 Å². The van der Waals surface area contributed by atoms with Crippen LogP contribution >= 0.6 is 0 Å². The lowest BCUT2D eigenvalue weighted by molar-refractivity contribution is -0.117. The number of nitrogens with zero attached hydrogens (tertiary/aromatic N) is 2. The monoisotopic (exact) mass is 567 g/mol. The summed E-state index contributed by atoms with van der Waals surface area (Å²) in [6.07, 6.45) is 8.91. The molecule has 5 rings (SSSR count). The molecule has 1 fully saturated rings. The second kappa shape index (κ2) is 12.5. The van der Waals surface area contributed by atoms with Gasteiger partial charge in [0.25, 0.3) is 0 Å². The van der Waals surface area contributed by atoms with Crippen molar-refractivity contribution in [1.29, 1.82) is 0 Å². The number of nitrogens with one attached hydrogen (secondary N) is 2. The van der Waals surface area contributed by atoms with Crippen molar-refractivity contribution in [2.75, 3.05) is 31.1 Å². The van der Waals surface area contributed by atoms with Gasteiger partial charge in [0.15, 0.2) is 5.78 Å². The van der Waals surface area contributed by atoms with Crippen molar-refractivity contribution >= 4 is 34.5 Å². The van der Waals surface area contributed by atoms with Crippen LogP contribution in [0.3, 0.4) is 0 Å². The Morgan fingerprint density at radius 1 is 1.21 bits per heavy atom. The number of fused-ring (bicyclic) bond motifs is 1. The normalized spacial score (nSPS) is 15.5. The number of ketones is 1. The van der Waals surface area contributed by atoms with Crippen LogP contribution in [0.4, 0.5) is 5.69 Å². The molecule has 0 saturated carbocycles. The zero-order valence-electron chi connectivity index (χ0n) is 24.0. The van der Waals surface area contributed by atoms with Crippen LogP contribution in [-0.4, -0.2) is 59.0 Å². The van der Waals surface area contributed by atoms with Crippen LogP contribution < -0.4 is 20.7 Å². The van der Waals surface area contributed by atoms with Gasteiger partial charge >= 0.3 is 0 Å². The number of pyridine rings is 1. The lowest BCUT2D eigenvalue weighted by Crippen LogP contribution is -2.43. The minimum atomic E-state index is -0.444. The molecule has 1 atom stereocenters. The van der Waals surface area contributed by atoms with Crippen LogP contribution in [0.15, 0.2) is 73.1 Å². The van der Waals surface area contributed by atoms with E-state index in [1.165, 1.54) is 6.08 Å². The van der Waals surface area contributed by atoms with E-state index in [4.69, 9.17) is 10.5 Å². The van der Waals surface area contributed by atoms with Crippen molar-refractivity contribution in [3.05, 3.63) is 89.8 Å². The molecule has 1 aliphatic rings. The number of amides is 1. The Hall–Kier alpha value is -4.63. The van der Waals surface area contributed by atoms with Crippen molar-refractivity contribution < 1.29 is 19.4 Å². The fourth-order valence-electron chi connectivity index (χ4n) is 5.32. The first-order chi connectivity index (χ1) is 20.2. The molecule has 4 aromatic rings. The molecular weight excluding hydrogens is 530 g/mol. The minimum Gasteiger partial charge on any atom is -0.507 e. The molecule has 0 aliphatic carbocycles. The van der Waals surface area contributed by atoms with Crippen LogP contribution in [0.5, 0.6) is 11.5 Å². The number of hydrogen-bond acceptors (Lipinski definition) is 7. The molecule has 1 amide bonds. The summed E-state index contributed by atoms with van der Waals surface area (Å²) in [5.74, 6) is -0.195. The van der Waals surface area contributed by atoms with Crippen LogP contribution in [-0.2, 0) is 4.79 Å². The van der Waals surface area contributed by atoms with Crippen LogP contribution in [0, 0.1) is 5.41 Å². The van der Waals surface area contributed by atoms with Crippen molar-refractivity contribution in [1.82, 2.24) is 15.3 Å². The number of rotatable bonds is 10. The predicted octanol–water partition coefficient (Wildman–Crippen LogP) is 4.66. The molecule has 2 aromatic heterocycles. The number of H-pyrrole nitrogens is 1. The summed E-state index contributed by atoms with van der Waals surface area (Å²) in [7, 11) is 0. The number of carbonyl (C=O) groups is 2. The molecule has 1 saturated heterocycles. The van der Waals surface area contributed by atoms with Gasteiger partial charge in [0.1, 0.15) is 23.8 Å². The Bertz CT molecular complexity index is 1610. The summed E-state index contributed by atoms with van der Waals surface area (Å²) in [5, 5.41) is 14.3. The second-order valence-electron chi connectivity index (χ2n) is 11.5. The maximum Gasteiger partial charge on any atom is 0.244 e. The number of anilines is 1. The first kappa shape index (κ1) is 28.9. The number of aromatic nitrogens is 2. The summed E-state index contributed by atoms with van der Waals surface area (Å²) in [4.78, 5) is 35.6. The molecule has 0 bridgehead atoms. The standard InChI is InChI=1S/C33H37N5O4/c1-33(2)13-5-15-38(21-33)25-10-11-29(39)28(17-25)31(41)22-6-3-7-26(16-22)42-20-24(18-34)37-30(40)12-9-23-19-36-32-27(23)8-4-14-35-32/h3-4,6-12,14,16-17,19,24,39H,5,13,15,18,20-21,34H2,1-2H3,(H,35,36)(H,37,40)/b12-9+/t24-/m1/s1. The molecule has 218 valence electrons. The van der Waals surface area contributed by atoms with E-state index in [2.05, 4.69) is 34.0 Å². The van der Waals surface area contributed by atoms with Crippen molar-refractivity contribution in [2.24, 2.45) is 11.1 Å². The molecule has 0 radical (unpaired) electrons. The third-order valence-corrected chi connectivity index (χ3v) is 7.57. The van der Waals surface area contributed by atoms with E-state index in [-0.39, 0.29) is 41.6 Å². The summed E-state index contributed by atoms with van der Waals surface area (Å²) in [5.41, 5.74) is 9.26. The maximum atomic E-state index is 13.4. The number of benzene rings is 2. The number of phenols is 1. The van der Waals surface area contributed by atoms with E-state index in [0.29, 0.717) is 11.3 Å². The fraction of sp³-hybridized carbons (Fsp3) is 0.303. The lowest BCUT2D eigenvalue weighted by atomic mass is 9.84. The zero-order chi connectivity index (χ0) is 29.7. The quantitative estimate of drug-likeness (QED) is 0.162. The molecule has 9 nitrogen and oxygen atoms in total. The fourth-order valence-corrected chi connectivity index (χ4v) is 5.32. The first-order valence-electron chi connectivity index (χ1n) is 14.2. The van der Waals surface area contributed by atoms with Crippen molar-refractivity contribution in [3.63, 3.8) is 0 Å². The van der Waals surface area contributed by atoms with Crippen molar-refractivity contribution in [3.8, 4) is 11.5 Å². The average Bonchev–Trinajstić information content (AvgIpc) is 3.41. The van der Waals surface area contributed by atoms with E-state index in [1.54, 1.807) is 54.9 Å². The molecule has 2 aromatic carbocycles. The largest absolute Gasteiger partial charge is 0.507 e. The Kier molecular flexibility index (Phi) is 8.59. The highest BCUT2D eigenvalue weighted by atomic mass is 16.5. The van der Waals surface area contributed by atoms with Gasteiger partial charge < -0.3 is 30.8 Å². The molecule has 0 unspecified atom stereocenters. The smallest absolute Gasteiger partial charge is 0.244 e. The lowest BCUT2D eigenvalue weighted by Gasteiger charge is -2.39. The van der Waals surface area contributed by atoms with Crippen LogP contribution in [0.1, 0.15) is 48.2 Å². The van der Waals surface area contributed by atoms with Crippen LogP contribution in [0.2, 0.25) is 0 Å². The summed E-state index contributed by atoms with van der Waals surface area (Å²) in [6, 6.07) is 15.3. The van der Waals surface area contributed by atoms with Gasteiger partial charge in [-0.25, -0.2) is 4.98 Å². The molecule has 5 N–H and O–H groups in total. The van der Waals surface area contributed by atoms with Gasteiger partial charge in [-0.05, 0) is 66.8 Å². The van der Waals surface area contributed by atoms with E-state index in [1.807, 2.05) is 18.2 Å². The summed E-state index contributed by atoms with van der Waals surface area (Å²) < 4.78 is 5.91. The highest BCUT2D eigenvalue weighted by Crippen LogP contribution is 2.34. The summed E-state index contributed by atoms with van der Waals surface area (Å²) >= 11 is 0. The van der Waals surface area contributed by atoms with Crippen LogP contribution in [0.25, 0.3) is 17.1 Å². The van der Waals surface area contributed by atoms with Gasteiger partial charge in [0.05, 0.1) is 11.6 Å². The van der Waals surface area contributed by atoms with Gasteiger partial charge in [-0.15, -0.1) is 0 Å².